The van der Waals surface area contributed by atoms with E-state index in [2.05, 4.69) is 10.3 Å². The fraction of sp³-hybridized carbons (Fsp3) is 0.350. The Balaban J connectivity index is 1.76. The summed E-state index contributed by atoms with van der Waals surface area (Å²) in [7, 11) is 1.54. The van der Waals surface area contributed by atoms with Gasteiger partial charge in [-0.1, -0.05) is 6.92 Å². The highest BCUT2D eigenvalue weighted by Crippen LogP contribution is 2.14. The number of rotatable bonds is 10. The summed E-state index contributed by atoms with van der Waals surface area (Å²) >= 11 is 0. The molecule has 1 amide bonds. The zero-order valence-electron chi connectivity index (χ0n) is 15.2. The van der Waals surface area contributed by atoms with Gasteiger partial charge >= 0.3 is 0 Å². The smallest absolute Gasteiger partial charge is 0.220 e. The van der Waals surface area contributed by atoms with Gasteiger partial charge in [-0.2, -0.15) is 0 Å². The quantitative estimate of drug-likeness (QED) is 0.662. The van der Waals surface area contributed by atoms with Crippen LogP contribution < -0.4 is 14.8 Å². The highest BCUT2D eigenvalue weighted by molar-refractivity contribution is 5.98. The van der Waals surface area contributed by atoms with E-state index >= 15 is 0 Å². The predicted molar refractivity (Wildman–Crippen MR) is 98.4 cm³/mol. The zero-order chi connectivity index (χ0) is 18.8. The number of methoxy groups -OCH3 is 1. The van der Waals surface area contributed by atoms with Crippen molar-refractivity contribution in [2.24, 2.45) is 0 Å². The van der Waals surface area contributed by atoms with Gasteiger partial charge < -0.3 is 14.8 Å². The molecule has 0 saturated heterocycles. The van der Waals surface area contributed by atoms with Gasteiger partial charge in [-0.15, -0.1) is 0 Å². The lowest BCUT2D eigenvalue weighted by molar-refractivity contribution is -0.121. The van der Waals surface area contributed by atoms with Crippen LogP contribution in [0, 0.1) is 0 Å². The highest BCUT2D eigenvalue weighted by atomic mass is 16.5. The molecule has 0 atom stereocenters. The average molecular weight is 356 g/mol. The summed E-state index contributed by atoms with van der Waals surface area (Å²) in [6.07, 6.45) is 2.87. The van der Waals surface area contributed by atoms with E-state index in [0.717, 1.165) is 17.7 Å². The van der Waals surface area contributed by atoms with Crippen molar-refractivity contribution in [2.75, 3.05) is 13.7 Å². The Kier molecular flexibility index (Phi) is 7.61. The fourth-order valence-corrected chi connectivity index (χ4v) is 2.29. The van der Waals surface area contributed by atoms with Gasteiger partial charge in [0.2, 0.25) is 11.8 Å². The molecule has 1 N–H and O–H groups in total. The number of aromatic nitrogens is 1. The number of Topliss-reactive ketones (excluding diaryl/α,β-unsaturated/α-hetero) is 1. The summed E-state index contributed by atoms with van der Waals surface area (Å²) in [6, 6.07) is 10.6. The van der Waals surface area contributed by atoms with Crippen molar-refractivity contribution in [2.45, 2.75) is 32.7 Å². The Morgan fingerprint density at radius 1 is 1.12 bits per heavy atom. The van der Waals surface area contributed by atoms with Crippen molar-refractivity contribution in [3.63, 3.8) is 0 Å². The predicted octanol–water partition coefficient (Wildman–Crippen LogP) is 3.16. The number of hydrogen-bond donors (Lipinski definition) is 1. The third kappa shape index (κ3) is 6.20. The summed E-state index contributed by atoms with van der Waals surface area (Å²) in [5.74, 6) is 1.01. The number of benzene rings is 1. The third-order valence-electron chi connectivity index (χ3n) is 3.73. The molecule has 0 unspecified atom stereocenters. The first kappa shape index (κ1) is 19.4. The van der Waals surface area contributed by atoms with Crippen molar-refractivity contribution in [1.29, 1.82) is 0 Å². The maximum absolute atomic E-state index is 12.2. The Bertz CT molecular complexity index is 729. The number of pyridine rings is 1. The molecule has 0 radical (unpaired) electrons. The van der Waals surface area contributed by atoms with E-state index in [-0.39, 0.29) is 24.5 Å². The number of amides is 1. The van der Waals surface area contributed by atoms with Crippen LogP contribution in [0.5, 0.6) is 11.6 Å². The second-order valence-corrected chi connectivity index (χ2v) is 5.78. The van der Waals surface area contributed by atoms with Crippen LogP contribution in [-0.4, -0.2) is 30.4 Å². The minimum Gasteiger partial charge on any atom is -0.494 e. The van der Waals surface area contributed by atoms with Gasteiger partial charge in [-0.3, -0.25) is 9.59 Å². The molecule has 0 bridgehead atoms. The topological polar surface area (TPSA) is 77.5 Å². The van der Waals surface area contributed by atoms with Crippen molar-refractivity contribution in [3.8, 4) is 11.6 Å². The van der Waals surface area contributed by atoms with Crippen LogP contribution in [0.25, 0.3) is 0 Å². The maximum Gasteiger partial charge on any atom is 0.220 e. The second-order valence-electron chi connectivity index (χ2n) is 5.78. The maximum atomic E-state index is 12.2. The van der Waals surface area contributed by atoms with Crippen LogP contribution in [0.4, 0.5) is 0 Å². The molecule has 2 aromatic rings. The minimum atomic E-state index is -0.169. The molecule has 6 nitrogen and oxygen atoms in total. The number of carbonyl (C=O) groups is 2. The number of carbonyl (C=O) groups excluding carboxylic acids is 2. The van der Waals surface area contributed by atoms with E-state index in [1.54, 1.807) is 49.7 Å². The van der Waals surface area contributed by atoms with Crippen molar-refractivity contribution >= 4 is 11.7 Å². The van der Waals surface area contributed by atoms with Crippen LogP contribution in [0.2, 0.25) is 0 Å². The van der Waals surface area contributed by atoms with Crippen molar-refractivity contribution in [3.05, 3.63) is 53.7 Å². The van der Waals surface area contributed by atoms with Gasteiger partial charge in [-0.05, 0) is 42.3 Å². The van der Waals surface area contributed by atoms with Crippen LogP contribution in [0.1, 0.15) is 42.1 Å². The molecule has 6 heteroatoms. The normalized spacial score (nSPS) is 10.2. The van der Waals surface area contributed by atoms with E-state index in [1.807, 2.05) is 6.92 Å². The summed E-state index contributed by atoms with van der Waals surface area (Å²) in [6.45, 7) is 3.06. The van der Waals surface area contributed by atoms with Crippen molar-refractivity contribution < 1.29 is 19.1 Å². The third-order valence-corrected chi connectivity index (χ3v) is 3.73. The van der Waals surface area contributed by atoms with Crippen LogP contribution in [-0.2, 0) is 11.3 Å². The van der Waals surface area contributed by atoms with E-state index in [0.29, 0.717) is 24.6 Å². The summed E-state index contributed by atoms with van der Waals surface area (Å²) in [4.78, 5) is 28.1. The molecule has 26 heavy (non-hydrogen) atoms. The standard InChI is InChI=1S/C20H24N2O4/c1-3-12-26-17-6-4-16(5-7-17)18(23)8-9-19(24)22-14-15-10-11-21-20(13-15)25-2/h4-7,10-11,13H,3,8-9,12,14H2,1-2H3,(H,22,24). The monoisotopic (exact) mass is 356 g/mol. The van der Waals surface area contributed by atoms with E-state index in [9.17, 15) is 9.59 Å². The van der Waals surface area contributed by atoms with Crippen LogP contribution >= 0.6 is 0 Å². The summed E-state index contributed by atoms with van der Waals surface area (Å²) < 4.78 is 10.5. The lowest BCUT2D eigenvalue weighted by Crippen LogP contribution is -2.23. The summed E-state index contributed by atoms with van der Waals surface area (Å²) in [5.41, 5.74) is 1.47. The summed E-state index contributed by atoms with van der Waals surface area (Å²) in [5, 5.41) is 2.79. The molecule has 0 fully saturated rings. The van der Waals surface area contributed by atoms with Gasteiger partial charge in [-0.25, -0.2) is 4.98 Å². The van der Waals surface area contributed by atoms with Gasteiger partial charge in [0.1, 0.15) is 5.75 Å². The highest BCUT2D eigenvalue weighted by Gasteiger charge is 2.10. The largest absolute Gasteiger partial charge is 0.494 e. The first-order chi connectivity index (χ1) is 12.6. The second kappa shape index (κ2) is 10.2. The lowest BCUT2D eigenvalue weighted by Gasteiger charge is -2.07. The van der Waals surface area contributed by atoms with E-state index in [4.69, 9.17) is 9.47 Å². The first-order valence-corrected chi connectivity index (χ1v) is 8.64. The molecular weight excluding hydrogens is 332 g/mol. The number of ketones is 1. The molecule has 0 aliphatic carbocycles. The molecule has 0 saturated carbocycles. The molecule has 1 aromatic heterocycles. The molecule has 138 valence electrons. The van der Waals surface area contributed by atoms with Gasteiger partial charge in [0.05, 0.1) is 13.7 Å². The van der Waals surface area contributed by atoms with Gasteiger partial charge in [0, 0.05) is 37.2 Å². The van der Waals surface area contributed by atoms with Crippen molar-refractivity contribution in [1.82, 2.24) is 10.3 Å². The Hall–Kier alpha value is -2.89. The Morgan fingerprint density at radius 2 is 1.88 bits per heavy atom. The molecule has 1 aromatic carbocycles. The molecule has 0 aliphatic rings. The molecular formula is C20H24N2O4. The molecule has 2 rings (SSSR count). The fourth-order valence-electron chi connectivity index (χ4n) is 2.29. The average Bonchev–Trinajstić information content (AvgIpc) is 2.69. The van der Waals surface area contributed by atoms with E-state index in [1.165, 1.54) is 0 Å². The Morgan fingerprint density at radius 3 is 2.58 bits per heavy atom. The van der Waals surface area contributed by atoms with Gasteiger partial charge in [0.15, 0.2) is 5.78 Å². The zero-order valence-corrected chi connectivity index (χ0v) is 15.2. The first-order valence-electron chi connectivity index (χ1n) is 8.64. The number of nitrogens with one attached hydrogen (secondary N) is 1. The van der Waals surface area contributed by atoms with Crippen LogP contribution in [0.15, 0.2) is 42.6 Å². The molecule has 0 aliphatic heterocycles. The minimum absolute atomic E-state index is 0.0622. The number of hydrogen-bond acceptors (Lipinski definition) is 5. The Labute approximate surface area is 153 Å². The SMILES string of the molecule is CCCOc1ccc(C(=O)CCC(=O)NCc2ccnc(OC)c2)cc1. The molecule has 1 heterocycles. The van der Waals surface area contributed by atoms with Crippen LogP contribution in [0.3, 0.4) is 0 Å². The molecule has 0 spiro atoms. The number of ether oxygens (including phenoxy) is 2. The van der Waals surface area contributed by atoms with E-state index < -0.39 is 0 Å². The van der Waals surface area contributed by atoms with Gasteiger partial charge in [0.25, 0.3) is 0 Å². The lowest BCUT2D eigenvalue weighted by atomic mass is 10.1. The number of nitrogens with zero attached hydrogens (tertiary/aromatic N) is 1.